The molecule has 1 fully saturated rings. The lowest BCUT2D eigenvalue weighted by Gasteiger charge is -1.99. The molecule has 1 unspecified atom stereocenters. The van der Waals surface area contributed by atoms with Crippen molar-refractivity contribution in [3.8, 4) is 0 Å². The topological polar surface area (TPSA) is 29.5 Å². The van der Waals surface area contributed by atoms with Gasteiger partial charge in [-0.3, -0.25) is 0 Å². The molecule has 4 heteroatoms. The average Bonchev–Trinajstić information content (AvgIpc) is 1.85. The lowest BCUT2D eigenvalue weighted by molar-refractivity contribution is 0.156. The Morgan fingerprint density at radius 3 is 2.75 bits per heavy atom. The summed E-state index contributed by atoms with van der Waals surface area (Å²) < 4.78 is 4.76. The molecule has 1 heterocycles. The molecule has 0 radical (unpaired) electrons. The first kappa shape index (κ1) is 5.47. The van der Waals surface area contributed by atoms with Gasteiger partial charge in [-0.25, -0.2) is 4.79 Å². The van der Waals surface area contributed by atoms with E-state index in [2.05, 4.69) is 0 Å². The van der Waals surface area contributed by atoms with Crippen LogP contribution in [0.3, 0.4) is 0 Å². The summed E-state index contributed by atoms with van der Waals surface area (Å²) in [7, 11) is 3.60. The first-order valence-electron chi connectivity index (χ1n) is 2.62. The van der Waals surface area contributed by atoms with Crippen LogP contribution < -0.4 is 0 Å². The lowest BCUT2D eigenvalue weighted by atomic mass is 10.0. The van der Waals surface area contributed by atoms with Crippen molar-refractivity contribution in [2.24, 2.45) is 0 Å². The van der Waals surface area contributed by atoms with Gasteiger partial charge >= 0.3 is 6.09 Å². The Labute approximate surface area is 49.0 Å². The fourth-order valence-electron chi connectivity index (χ4n) is 0.760. The fraction of sp³-hybridized carbons (Fsp3) is 0.750. The summed E-state index contributed by atoms with van der Waals surface area (Å²) in [4.78, 5) is 12.0. The van der Waals surface area contributed by atoms with Gasteiger partial charge in [-0.15, -0.1) is 0 Å². The van der Waals surface area contributed by atoms with E-state index in [0.717, 1.165) is 6.54 Å². The van der Waals surface area contributed by atoms with Gasteiger partial charge in [0.2, 0.25) is 0 Å². The number of carbonyl (C=O) groups is 1. The first-order chi connectivity index (χ1) is 3.70. The zero-order valence-electron chi connectivity index (χ0n) is 5.05. The van der Waals surface area contributed by atoms with E-state index < -0.39 is 0 Å². The maximum Gasteiger partial charge on any atom is 0.409 e. The Bertz CT molecular complexity index is 117. The van der Waals surface area contributed by atoms with Gasteiger partial charge in [0.25, 0.3) is 0 Å². The maximum atomic E-state index is 10.5. The number of rotatable bonds is 0. The highest BCUT2D eigenvalue weighted by atomic mass is 16.6. The number of hydrogen-bond acceptors (Lipinski definition) is 2. The molecule has 3 nitrogen and oxygen atoms in total. The van der Waals surface area contributed by atoms with Crippen LogP contribution in [0.2, 0.25) is 0 Å². The molecule has 8 heavy (non-hydrogen) atoms. The van der Waals surface area contributed by atoms with Crippen LogP contribution in [0.25, 0.3) is 0 Å². The van der Waals surface area contributed by atoms with Crippen LogP contribution in [0.5, 0.6) is 0 Å². The molecule has 1 amide bonds. The second-order valence-electron chi connectivity index (χ2n) is 2.07. The molecule has 0 bridgehead atoms. The number of cyclic esters (lactones) is 1. The molecule has 1 aliphatic rings. The van der Waals surface area contributed by atoms with Gasteiger partial charge < -0.3 is 9.64 Å². The van der Waals surface area contributed by atoms with Gasteiger partial charge in [0.05, 0.1) is 12.5 Å². The number of ether oxygens (including phenoxy) is 1. The average molecular weight is 113 g/mol. The highest BCUT2D eigenvalue weighted by molar-refractivity contribution is 6.12. The SMILES string of the molecule is BC1CN(C)C(=O)O1. The molecule has 1 saturated heterocycles. The molecule has 0 spiro atoms. The third kappa shape index (κ3) is 0.780. The van der Waals surface area contributed by atoms with Gasteiger partial charge in [0.15, 0.2) is 7.85 Å². The number of likely N-dealkylation sites (N-methyl/N-ethyl adjacent to an activating group) is 1. The van der Waals surface area contributed by atoms with E-state index in [1.807, 2.05) is 7.85 Å². The van der Waals surface area contributed by atoms with E-state index in [1.54, 1.807) is 11.9 Å². The van der Waals surface area contributed by atoms with Crippen molar-refractivity contribution in [3.05, 3.63) is 0 Å². The molecular formula is C4H8BNO2. The van der Waals surface area contributed by atoms with Crippen LogP contribution in [0.4, 0.5) is 4.79 Å². The molecule has 0 aromatic heterocycles. The van der Waals surface area contributed by atoms with E-state index in [1.165, 1.54) is 0 Å². The lowest BCUT2D eigenvalue weighted by Crippen LogP contribution is -2.19. The Hall–Kier alpha value is -0.665. The Kier molecular flexibility index (Phi) is 1.15. The number of amides is 1. The summed E-state index contributed by atoms with van der Waals surface area (Å²) in [5.74, 6) is 0. The van der Waals surface area contributed by atoms with Gasteiger partial charge in [-0.2, -0.15) is 0 Å². The summed E-state index contributed by atoms with van der Waals surface area (Å²) in [5.41, 5.74) is 0. The summed E-state index contributed by atoms with van der Waals surface area (Å²) >= 11 is 0. The van der Waals surface area contributed by atoms with Crippen LogP contribution in [0, 0.1) is 0 Å². The van der Waals surface area contributed by atoms with Gasteiger partial charge in [0.1, 0.15) is 0 Å². The minimum Gasteiger partial charge on any atom is -0.454 e. The Morgan fingerprint density at radius 1 is 2.00 bits per heavy atom. The quantitative estimate of drug-likeness (QED) is 0.378. The van der Waals surface area contributed by atoms with Crippen LogP contribution >= 0.6 is 0 Å². The molecule has 1 atom stereocenters. The van der Waals surface area contributed by atoms with Crippen LogP contribution in [0.15, 0.2) is 0 Å². The van der Waals surface area contributed by atoms with Crippen molar-refractivity contribution < 1.29 is 9.53 Å². The molecule has 0 N–H and O–H groups in total. The smallest absolute Gasteiger partial charge is 0.409 e. The minimum atomic E-state index is -0.211. The van der Waals surface area contributed by atoms with Crippen LogP contribution in [0.1, 0.15) is 0 Å². The molecule has 0 aromatic carbocycles. The minimum absolute atomic E-state index is 0.0764. The molecule has 44 valence electrons. The summed E-state index contributed by atoms with van der Waals surface area (Å²) in [6, 6.07) is 0.0764. The molecule has 0 saturated carbocycles. The summed E-state index contributed by atoms with van der Waals surface area (Å²) in [6.07, 6.45) is -0.211. The number of carbonyl (C=O) groups excluding carboxylic acids is 1. The molecule has 1 aliphatic heterocycles. The highest BCUT2D eigenvalue weighted by Crippen LogP contribution is 2.03. The van der Waals surface area contributed by atoms with E-state index in [4.69, 9.17) is 4.74 Å². The van der Waals surface area contributed by atoms with E-state index >= 15 is 0 Å². The van der Waals surface area contributed by atoms with Crippen molar-refractivity contribution in [1.82, 2.24) is 4.90 Å². The van der Waals surface area contributed by atoms with Crippen molar-refractivity contribution in [3.63, 3.8) is 0 Å². The molecular weight excluding hydrogens is 105 g/mol. The largest absolute Gasteiger partial charge is 0.454 e. The zero-order valence-corrected chi connectivity index (χ0v) is 5.05. The summed E-state index contributed by atoms with van der Waals surface area (Å²) in [6.45, 7) is 0.721. The van der Waals surface area contributed by atoms with Crippen molar-refractivity contribution in [1.29, 1.82) is 0 Å². The predicted octanol–water partition coefficient (Wildman–Crippen LogP) is -0.972. The molecule has 0 aromatic rings. The predicted molar refractivity (Wildman–Crippen MR) is 31.4 cm³/mol. The first-order valence-corrected chi connectivity index (χ1v) is 2.62. The zero-order chi connectivity index (χ0) is 6.15. The van der Waals surface area contributed by atoms with E-state index in [9.17, 15) is 4.79 Å². The third-order valence-corrected chi connectivity index (χ3v) is 1.14. The monoisotopic (exact) mass is 113 g/mol. The van der Waals surface area contributed by atoms with E-state index in [-0.39, 0.29) is 12.1 Å². The summed E-state index contributed by atoms with van der Waals surface area (Å²) in [5, 5.41) is 0. The fourth-order valence-corrected chi connectivity index (χ4v) is 0.760. The highest BCUT2D eigenvalue weighted by Gasteiger charge is 2.23. The number of nitrogens with zero attached hydrogens (tertiary/aromatic N) is 1. The number of hydrogen-bond donors (Lipinski definition) is 0. The van der Waals surface area contributed by atoms with Gasteiger partial charge in [-0.1, -0.05) is 0 Å². The Morgan fingerprint density at radius 2 is 2.62 bits per heavy atom. The van der Waals surface area contributed by atoms with Crippen molar-refractivity contribution in [2.45, 2.75) is 6.00 Å². The second-order valence-corrected chi connectivity index (χ2v) is 2.07. The van der Waals surface area contributed by atoms with Gasteiger partial charge in [0, 0.05) is 7.05 Å². The maximum absolute atomic E-state index is 10.5. The van der Waals surface area contributed by atoms with Gasteiger partial charge in [-0.05, 0) is 0 Å². The van der Waals surface area contributed by atoms with Crippen LogP contribution in [-0.4, -0.2) is 38.4 Å². The third-order valence-electron chi connectivity index (χ3n) is 1.14. The van der Waals surface area contributed by atoms with Crippen molar-refractivity contribution >= 4 is 13.9 Å². The standard InChI is InChI=1S/C4H8BNO2/c1-6-2-3(5)8-4(6)7/h3H,2,5H2,1H3. The van der Waals surface area contributed by atoms with E-state index in [0.29, 0.717) is 0 Å². The molecule has 0 aliphatic carbocycles. The normalized spacial score (nSPS) is 28.4. The van der Waals surface area contributed by atoms with Crippen molar-refractivity contribution in [2.75, 3.05) is 13.6 Å². The Balaban J connectivity index is 2.51. The van der Waals surface area contributed by atoms with Crippen LogP contribution in [-0.2, 0) is 4.74 Å². The second kappa shape index (κ2) is 1.69. The molecule has 1 rings (SSSR count).